The van der Waals surface area contributed by atoms with Gasteiger partial charge in [-0.15, -0.1) is 0 Å². The average molecular weight is 307 g/mol. The third-order valence-electron chi connectivity index (χ3n) is 4.03. The first-order chi connectivity index (χ1) is 8.65. The molecule has 2 aliphatic carbocycles. The topological polar surface area (TPSA) is 33.2 Å². The van der Waals surface area contributed by atoms with Crippen molar-refractivity contribution in [3.05, 3.63) is 35.1 Å². The molecule has 4 heteroatoms. The maximum atomic E-state index is 12.5. The molecule has 3 atom stereocenters. The minimum absolute atomic E-state index is 0.161. The van der Waals surface area contributed by atoms with Gasteiger partial charge in [-0.2, -0.15) is 0 Å². The average Bonchev–Trinajstić information content (AvgIpc) is 3.00. The lowest BCUT2D eigenvalue weighted by Gasteiger charge is -2.24. The Bertz CT molecular complexity index is 497. The number of aromatic nitrogens is 1. The smallest absolute Gasteiger partial charge is 0.230 e. The van der Waals surface area contributed by atoms with Crippen molar-refractivity contribution < 1.29 is 4.79 Å². The Kier molecular flexibility index (Phi) is 2.98. The Hall–Kier alpha value is -1.16. The summed E-state index contributed by atoms with van der Waals surface area (Å²) in [4.78, 5) is 18.4. The molecular weight excluding hydrogens is 292 g/mol. The van der Waals surface area contributed by atoms with Crippen molar-refractivity contribution in [2.45, 2.75) is 12.8 Å². The molecule has 0 saturated heterocycles. The van der Waals surface area contributed by atoms with Crippen LogP contribution in [0.2, 0.25) is 0 Å². The molecule has 0 radical (unpaired) electrons. The number of nitrogens with zero attached hydrogens (tertiary/aromatic N) is 2. The Labute approximate surface area is 115 Å². The fraction of sp³-hybridized carbons (Fsp3) is 0.429. The molecule has 1 fully saturated rings. The van der Waals surface area contributed by atoms with Crippen LogP contribution in [0.5, 0.6) is 0 Å². The van der Waals surface area contributed by atoms with Crippen molar-refractivity contribution >= 4 is 27.5 Å². The van der Waals surface area contributed by atoms with E-state index in [2.05, 4.69) is 33.1 Å². The molecule has 3 nitrogen and oxygen atoms in total. The van der Waals surface area contributed by atoms with Crippen LogP contribution in [-0.4, -0.2) is 17.9 Å². The van der Waals surface area contributed by atoms with Crippen LogP contribution in [0.25, 0.3) is 0 Å². The SMILES string of the molecule is CN(C(=O)[C@@H]1C[C@H]2C=C[C@H]1C2)c1ccc(Br)nc1. The molecule has 1 saturated carbocycles. The molecule has 0 aromatic carbocycles. The first-order valence-electron chi connectivity index (χ1n) is 6.22. The second-order valence-electron chi connectivity index (χ2n) is 5.12. The van der Waals surface area contributed by atoms with Gasteiger partial charge in [-0.05, 0) is 52.7 Å². The van der Waals surface area contributed by atoms with Gasteiger partial charge >= 0.3 is 0 Å². The summed E-state index contributed by atoms with van der Waals surface area (Å²) < 4.78 is 0.787. The number of pyridine rings is 1. The molecular formula is C14H15BrN2O. The predicted molar refractivity (Wildman–Crippen MR) is 74.2 cm³/mol. The van der Waals surface area contributed by atoms with Gasteiger partial charge in [0.25, 0.3) is 0 Å². The first kappa shape index (κ1) is 11.9. The summed E-state index contributed by atoms with van der Waals surface area (Å²) in [5.41, 5.74) is 0.856. The van der Waals surface area contributed by atoms with Crippen molar-refractivity contribution in [1.29, 1.82) is 0 Å². The van der Waals surface area contributed by atoms with Gasteiger partial charge in [-0.3, -0.25) is 4.79 Å². The highest BCUT2D eigenvalue weighted by molar-refractivity contribution is 9.10. The minimum Gasteiger partial charge on any atom is -0.314 e. The van der Waals surface area contributed by atoms with Crippen LogP contribution < -0.4 is 4.90 Å². The molecule has 18 heavy (non-hydrogen) atoms. The number of carbonyl (C=O) groups excluding carboxylic acids is 1. The monoisotopic (exact) mass is 306 g/mol. The molecule has 0 aliphatic heterocycles. The highest BCUT2D eigenvalue weighted by Crippen LogP contribution is 2.44. The number of hydrogen-bond acceptors (Lipinski definition) is 2. The van der Waals surface area contributed by atoms with E-state index in [-0.39, 0.29) is 11.8 Å². The minimum atomic E-state index is 0.161. The molecule has 0 N–H and O–H groups in total. The quantitative estimate of drug-likeness (QED) is 0.621. The van der Waals surface area contributed by atoms with E-state index < -0.39 is 0 Å². The summed E-state index contributed by atoms with van der Waals surface area (Å²) in [6, 6.07) is 3.78. The zero-order valence-corrected chi connectivity index (χ0v) is 11.8. The predicted octanol–water partition coefficient (Wildman–Crippen LogP) is 3.02. The van der Waals surface area contributed by atoms with E-state index in [9.17, 15) is 4.79 Å². The van der Waals surface area contributed by atoms with Gasteiger partial charge in [0.1, 0.15) is 4.60 Å². The molecule has 3 rings (SSSR count). The maximum absolute atomic E-state index is 12.5. The van der Waals surface area contributed by atoms with E-state index >= 15 is 0 Å². The standard InChI is InChI=1S/C14H15BrN2O/c1-17(11-4-5-13(15)16-8-11)14(18)12-7-9-2-3-10(12)6-9/h2-5,8-10,12H,6-7H2,1H3/t9-,10-,12+/m0/s1. The number of halogens is 1. The summed E-state index contributed by atoms with van der Waals surface area (Å²) in [7, 11) is 1.84. The summed E-state index contributed by atoms with van der Waals surface area (Å²) in [6.45, 7) is 0. The van der Waals surface area contributed by atoms with Crippen molar-refractivity contribution in [1.82, 2.24) is 4.98 Å². The van der Waals surface area contributed by atoms with E-state index in [1.807, 2.05) is 19.2 Å². The van der Waals surface area contributed by atoms with Crippen LogP contribution in [0.3, 0.4) is 0 Å². The molecule has 1 heterocycles. The molecule has 94 valence electrons. The molecule has 0 unspecified atom stereocenters. The second-order valence-corrected chi connectivity index (χ2v) is 5.94. The zero-order chi connectivity index (χ0) is 12.7. The maximum Gasteiger partial charge on any atom is 0.230 e. The van der Waals surface area contributed by atoms with Gasteiger partial charge in [0.05, 0.1) is 11.9 Å². The molecule has 1 amide bonds. The fourth-order valence-corrected chi connectivity index (χ4v) is 3.24. The summed E-state index contributed by atoms with van der Waals surface area (Å²) >= 11 is 3.30. The van der Waals surface area contributed by atoms with Gasteiger partial charge in [0, 0.05) is 13.0 Å². The Morgan fingerprint density at radius 3 is 2.78 bits per heavy atom. The van der Waals surface area contributed by atoms with E-state index in [1.165, 1.54) is 0 Å². The number of anilines is 1. The number of carbonyl (C=O) groups is 1. The van der Waals surface area contributed by atoms with Gasteiger partial charge in [0.2, 0.25) is 5.91 Å². The summed E-state index contributed by atoms with van der Waals surface area (Å²) in [5, 5.41) is 0. The van der Waals surface area contributed by atoms with Crippen LogP contribution in [0.15, 0.2) is 35.1 Å². The van der Waals surface area contributed by atoms with Gasteiger partial charge in [0.15, 0.2) is 0 Å². The van der Waals surface area contributed by atoms with Gasteiger partial charge < -0.3 is 4.90 Å². The van der Waals surface area contributed by atoms with Crippen molar-refractivity contribution in [3.8, 4) is 0 Å². The van der Waals surface area contributed by atoms with Crippen LogP contribution in [0, 0.1) is 17.8 Å². The lowest BCUT2D eigenvalue weighted by atomic mass is 9.92. The molecule has 1 aromatic rings. The van der Waals surface area contributed by atoms with Crippen LogP contribution in [0.4, 0.5) is 5.69 Å². The van der Waals surface area contributed by atoms with Crippen molar-refractivity contribution in [2.75, 3.05) is 11.9 Å². The lowest BCUT2D eigenvalue weighted by Crippen LogP contribution is -2.34. The number of allylic oxidation sites excluding steroid dienone is 2. The number of fused-ring (bicyclic) bond motifs is 2. The van der Waals surface area contributed by atoms with E-state index in [0.29, 0.717) is 11.8 Å². The van der Waals surface area contributed by atoms with E-state index in [0.717, 1.165) is 23.1 Å². The highest BCUT2D eigenvalue weighted by Gasteiger charge is 2.41. The normalized spacial score (nSPS) is 28.7. The largest absolute Gasteiger partial charge is 0.314 e. The molecule has 1 aromatic heterocycles. The van der Waals surface area contributed by atoms with Crippen molar-refractivity contribution in [2.24, 2.45) is 17.8 Å². The summed E-state index contributed by atoms with van der Waals surface area (Å²) in [6.07, 6.45) is 8.36. The third-order valence-corrected chi connectivity index (χ3v) is 4.49. The summed E-state index contributed by atoms with van der Waals surface area (Å²) in [5.74, 6) is 1.46. The molecule has 0 spiro atoms. The molecule has 2 aliphatic rings. The molecule has 2 bridgehead atoms. The number of amides is 1. The fourth-order valence-electron chi connectivity index (χ4n) is 3.01. The number of hydrogen-bond donors (Lipinski definition) is 0. The first-order valence-corrected chi connectivity index (χ1v) is 7.02. The van der Waals surface area contributed by atoms with Gasteiger partial charge in [-0.1, -0.05) is 12.2 Å². The Balaban J connectivity index is 1.76. The third kappa shape index (κ3) is 1.99. The van der Waals surface area contributed by atoms with E-state index in [4.69, 9.17) is 0 Å². The van der Waals surface area contributed by atoms with Crippen LogP contribution in [-0.2, 0) is 4.79 Å². The number of rotatable bonds is 2. The van der Waals surface area contributed by atoms with Gasteiger partial charge in [-0.25, -0.2) is 4.98 Å². The highest BCUT2D eigenvalue weighted by atomic mass is 79.9. The zero-order valence-electron chi connectivity index (χ0n) is 10.2. The van der Waals surface area contributed by atoms with Crippen LogP contribution in [0.1, 0.15) is 12.8 Å². The Morgan fingerprint density at radius 2 is 2.22 bits per heavy atom. The van der Waals surface area contributed by atoms with Crippen molar-refractivity contribution in [3.63, 3.8) is 0 Å². The Morgan fingerprint density at radius 1 is 1.39 bits per heavy atom. The van der Waals surface area contributed by atoms with E-state index in [1.54, 1.807) is 11.1 Å². The van der Waals surface area contributed by atoms with Crippen LogP contribution >= 0.6 is 15.9 Å². The second kappa shape index (κ2) is 4.50. The lowest BCUT2D eigenvalue weighted by molar-refractivity contribution is -0.122.